The summed E-state index contributed by atoms with van der Waals surface area (Å²) in [4.78, 5) is 32.7. The molecule has 0 unspecified atom stereocenters. The van der Waals surface area contributed by atoms with Crippen LogP contribution < -0.4 is 10.9 Å². The van der Waals surface area contributed by atoms with E-state index in [9.17, 15) is 18.4 Å². The number of fused-ring (bicyclic) bond motifs is 1. The minimum absolute atomic E-state index is 0.134. The zero-order valence-electron chi connectivity index (χ0n) is 15.7. The molecular weight excluding hydrogens is 414 g/mol. The van der Waals surface area contributed by atoms with Gasteiger partial charge >= 0.3 is 0 Å². The lowest BCUT2D eigenvalue weighted by molar-refractivity contribution is -0.113. The van der Waals surface area contributed by atoms with Crippen molar-refractivity contribution in [3.8, 4) is 0 Å². The van der Waals surface area contributed by atoms with E-state index in [0.717, 1.165) is 35.7 Å². The number of anilines is 1. The van der Waals surface area contributed by atoms with Gasteiger partial charge in [-0.15, -0.1) is 0 Å². The number of furan rings is 1. The normalized spacial score (nSPS) is 11.2. The van der Waals surface area contributed by atoms with E-state index in [1.807, 2.05) is 6.92 Å². The maximum Gasteiger partial charge on any atom is 0.278 e. The van der Waals surface area contributed by atoms with Crippen molar-refractivity contribution in [3.05, 3.63) is 76.1 Å². The number of rotatable bonds is 6. The zero-order valence-corrected chi connectivity index (χ0v) is 16.6. The number of aromatic nitrogens is 3. The van der Waals surface area contributed by atoms with Gasteiger partial charge in [0.2, 0.25) is 5.91 Å². The zero-order chi connectivity index (χ0) is 21.3. The lowest BCUT2D eigenvalue weighted by Crippen LogP contribution is -2.24. The highest BCUT2D eigenvalue weighted by molar-refractivity contribution is 7.99. The molecule has 2 N–H and O–H groups in total. The number of nitrogens with one attached hydrogen (secondary N) is 2. The predicted molar refractivity (Wildman–Crippen MR) is 109 cm³/mol. The van der Waals surface area contributed by atoms with Gasteiger partial charge < -0.3 is 14.7 Å². The molecule has 3 aromatic heterocycles. The summed E-state index contributed by atoms with van der Waals surface area (Å²) in [7, 11) is 0. The molecule has 10 heteroatoms. The molecule has 0 fully saturated rings. The van der Waals surface area contributed by atoms with E-state index < -0.39 is 17.5 Å². The summed E-state index contributed by atoms with van der Waals surface area (Å²) in [6, 6.07) is 7.97. The molecule has 0 atom stereocenters. The minimum atomic E-state index is -0.744. The third-order valence-electron chi connectivity index (χ3n) is 4.27. The molecule has 1 amide bonds. The first kappa shape index (κ1) is 19.9. The Balaban J connectivity index is 1.60. The molecule has 3 heterocycles. The number of nitrogens with zero attached hydrogens (tertiary/aromatic N) is 2. The van der Waals surface area contributed by atoms with Crippen LogP contribution in [0.3, 0.4) is 0 Å². The van der Waals surface area contributed by atoms with Crippen LogP contribution in [0.15, 0.2) is 57.0 Å². The summed E-state index contributed by atoms with van der Waals surface area (Å²) in [6.07, 6.45) is 1.50. The molecule has 0 aliphatic heterocycles. The molecular formula is C20H16F2N4O3S. The standard InChI is InChI=1S/C20H16F2N4O3S/c1-11-7-16-18(23-11)19(28)26(9-13-3-2-6-29-13)20(25-16)30-10-17(27)24-15-8-12(21)4-5-14(15)22/h2-8,23H,9-10H2,1H3,(H,24,27). The van der Waals surface area contributed by atoms with E-state index in [4.69, 9.17) is 4.42 Å². The van der Waals surface area contributed by atoms with Crippen LogP contribution in [0.2, 0.25) is 0 Å². The van der Waals surface area contributed by atoms with Gasteiger partial charge in [0.15, 0.2) is 5.16 Å². The van der Waals surface area contributed by atoms with Gasteiger partial charge in [-0.2, -0.15) is 0 Å². The topological polar surface area (TPSA) is 92.9 Å². The Labute approximate surface area is 173 Å². The van der Waals surface area contributed by atoms with E-state index in [1.165, 1.54) is 10.8 Å². The van der Waals surface area contributed by atoms with Gasteiger partial charge in [-0.05, 0) is 37.3 Å². The van der Waals surface area contributed by atoms with Crippen LogP contribution in [-0.4, -0.2) is 26.2 Å². The third kappa shape index (κ3) is 4.13. The number of carbonyl (C=O) groups is 1. The molecule has 0 spiro atoms. The number of aromatic amines is 1. The Morgan fingerprint density at radius 3 is 2.90 bits per heavy atom. The molecule has 0 aliphatic rings. The molecule has 154 valence electrons. The van der Waals surface area contributed by atoms with Gasteiger partial charge in [0.1, 0.15) is 22.9 Å². The molecule has 0 aliphatic carbocycles. The first-order valence-electron chi connectivity index (χ1n) is 8.91. The smallest absolute Gasteiger partial charge is 0.278 e. The fourth-order valence-electron chi connectivity index (χ4n) is 2.93. The number of hydrogen-bond acceptors (Lipinski definition) is 5. The molecule has 4 aromatic rings. The highest BCUT2D eigenvalue weighted by Crippen LogP contribution is 2.21. The van der Waals surface area contributed by atoms with Crippen LogP contribution in [0.25, 0.3) is 11.0 Å². The minimum Gasteiger partial charge on any atom is -0.467 e. The second-order valence-corrected chi connectivity index (χ2v) is 7.48. The summed E-state index contributed by atoms with van der Waals surface area (Å²) in [5, 5.41) is 2.63. The van der Waals surface area contributed by atoms with E-state index in [1.54, 1.807) is 18.2 Å². The summed E-state index contributed by atoms with van der Waals surface area (Å²) >= 11 is 1.01. The fraction of sp³-hybridized carbons (Fsp3) is 0.150. The molecule has 0 bridgehead atoms. The summed E-state index contributed by atoms with van der Waals surface area (Å²) in [5.74, 6) is -1.58. The number of benzene rings is 1. The molecule has 0 radical (unpaired) electrons. The van der Waals surface area contributed by atoms with Gasteiger partial charge in [0, 0.05) is 11.8 Å². The lowest BCUT2D eigenvalue weighted by atomic mass is 10.3. The number of thioether (sulfide) groups is 1. The maximum atomic E-state index is 13.7. The fourth-order valence-corrected chi connectivity index (χ4v) is 3.73. The van der Waals surface area contributed by atoms with Crippen molar-refractivity contribution < 1.29 is 18.0 Å². The monoisotopic (exact) mass is 430 g/mol. The summed E-state index contributed by atoms with van der Waals surface area (Å²) < 4.78 is 33.8. The number of hydrogen-bond donors (Lipinski definition) is 2. The molecule has 30 heavy (non-hydrogen) atoms. The van der Waals surface area contributed by atoms with Gasteiger partial charge in [0.25, 0.3) is 5.56 Å². The highest BCUT2D eigenvalue weighted by Gasteiger charge is 2.17. The van der Waals surface area contributed by atoms with Crippen LogP contribution in [0.5, 0.6) is 0 Å². The van der Waals surface area contributed by atoms with E-state index in [0.29, 0.717) is 22.0 Å². The van der Waals surface area contributed by atoms with Crippen molar-refractivity contribution in [2.75, 3.05) is 11.1 Å². The van der Waals surface area contributed by atoms with Crippen molar-refractivity contribution in [3.63, 3.8) is 0 Å². The first-order valence-corrected chi connectivity index (χ1v) is 9.89. The van der Waals surface area contributed by atoms with Crippen LogP contribution in [0, 0.1) is 18.6 Å². The molecule has 7 nitrogen and oxygen atoms in total. The Morgan fingerprint density at radius 2 is 2.13 bits per heavy atom. The molecule has 0 saturated heterocycles. The van der Waals surface area contributed by atoms with Crippen molar-refractivity contribution in [2.45, 2.75) is 18.6 Å². The second kappa shape index (κ2) is 8.15. The van der Waals surface area contributed by atoms with E-state index in [2.05, 4.69) is 15.3 Å². The Bertz CT molecular complexity index is 1280. The number of amides is 1. The molecule has 4 rings (SSSR count). The van der Waals surface area contributed by atoms with Crippen molar-refractivity contribution in [2.24, 2.45) is 0 Å². The van der Waals surface area contributed by atoms with Gasteiger partial charge in [-0.1, -0.05) is 11.8 Å². The van der Waals surface area contributed by atoms with E-state index >= 15 is 0 Å². The van der Waals surface area contributed by atoms with Gasteiger partial charge in [-0.25, -0.2) is 13.8 Å². The predicted octanol–water partition coefficient (Wildman–Crippen LogP) is 3.68. The van der Waals surface area contributed by atoms with Crippen LogP contribution in [-0.2, 0) is 11.3 Å². The maximum absolute atomic E-state index is 13.7. The average molecular weight is 430 g/mol. The number of halogens is 2. The van der Waals surface area contributed by atoms with Crippen LogP contribution >= 0.6 is 11.8 Å². The van der Waals surface area contributed by atoms with Crippen LogP contribution in [0.4, 0.5) is 14.5 Å². The summed E-state index contributed by atoms with van der Waals surface area (Å²) in [6.45, 7) is 1.95. The van der Waals surface area contributed by atoms with Crippen molar-refractivity contribution in [1.29, 1.82) is 0 Å². The average Bonchev–Trinajstić information content (AvgIpc) is 3.35. The van der Waals surface area contributed by atoms with Crippen molar-refractivity contribution >= 4 is 34.4 Å². The van der Waals surface area contributed by atoms with Crippen molar-refractivity contribution in [1.82, 2.24) is 14.5 Å². The Kier molecular flexibility index (Phi) is 5.40. The Morgan fingerprint density at radius 1 is 1.30 bits per heavy atom. The first-order chi connectivity index (χ1) is 14.4. The van der Waals surface area contributed by atoms with Gasteiger partial charge in [-0.3, -0.25) is 14.2 Å². The summed E-state index contributed by atoms with van der Waals surface area (Å²) in [5.41, 5.74) is 1.06. The van der Waals surface area contributed by atoms with E-state index in [-0.39, 0.29) is 23.5 Å². The number of aryl methyl sites for hydroxylation is 1. The number of carbonyl (C=O) groups excluding carboxylic acids is 1. The number of H-pyrrole nitrogens is 1. The quantitative estimate of drug-likeness (QED) is 0.360. The molecule has 1 aromatic carbocycles. The largest absolute Gasteiger partial charge is 0.467 e. The second-order valence-electron chi connectivity index (χ2n) is 6.54. The lowest BCUT2D eigenvalue weighted by Gasteiger charge is -2.11. The SMILES string of the molecule is Cc1cc2nc(SCC(=O)Nc3cc(F)ccc3F)n(Cc3ccco3)c(=O)c2[nH]1. The van der Waals surface area contributed by atoms with Crippen LogP contribution in [0.1, 0.15) is 11.5 Å². The molecule has 0 saturated carbocycles. The third-order valence-corrected chi connectivity index (χ3v) is 5.24. The Hall–Kier alpha value is -3.40. The highest BCUT2D eigenvalue weighted by atomic mass is 32.2. The van der Waals surface area contributed by atoms with Gasteiger partial charge in [0.05, 0.1) is 29.8 Å².